The lowest BCUT2D eigenvalue weighted by Crippen LogP contribution is -2.37. The standard InChI is InChI=1S/C16H16N4O2/c1-19-10-18-14-9-20(8-13(15(14)19)16(21)22)7-12-4-2-3-11(5-12)6-17/h2-5,10,13H,7-9H2,1H3,(H,21,22). The molecule has 1 aromatic carbocycles. The summed E-state index contributed by atoms with van der Waals surface area (Å²) in [5.41, 5.74) is 3.22. The Bertz CT molecular complexity index is 760. The molecule has 22 heavy (non-hydrogen) atoms. The molecular weight excluding hydrogens is 280 g/mol. The number of imidazole rings is 1. The molecule has 3 rings (SSSR count). The summed E-state index contributed by atoms with van der Waals surface area (Å²) in [6, 6.07) is 9.51. The van der Waals surface area contributed by atoms with Gasteiger partial charge >= 0.3 is 5.97 Å². The van der Waals surface area contributed by atoms with Gasteiger partial charge in [-0.2, -0.15) is 5.26 Å². The predicted molar refractivity (Wildman–Crippen MR) is 78.9 cm³/mol. The molecule has 2 heterocycles. The molecule has 0 radical (unpaired) electrons. The van der Waals surface area contributed by atoms with Gasteiger partial charge in [0.15, 0.2) is 0 Å². The predicted octanol–water partition coefficient (Wildman–Crippen LogP) is 1.48. The third kappa shape index (κ3) is 2.59. The Morgan fingerprint density at radius 3 is 3.09 bits per heavy atom. The fourth-order valence-corrected chi connectivity index (χ4v) is 2.99. The minimum absolute atomic E-state index is 0.443. The van der Waals surface area contributed by atoms with Crippen molar-refractivity contribution in [2.75, 3.05) is 6.54 Å². The van der Waals surface area contributed by atoms with Crippen LogP contribution in [0.4, 0.5) is 0 Å². The first-order valence-electron chi connectivity index (χ1n) is 7.02. The van der Waals surface area contributed by atoms with Crippen LogP contribution < -0.4 is 0 Å². The van der Waals surface area contributed by atoms with Crippen molar-refractivity contribution in [3.63, 3.8) is 0 Å². The fourth-order valence-electron chi connectivity index (χ4n) is 2.99. The van der Waals surface area contributed by atoms with Crippen molar-refractivity contribution in [1.82, 2.24) is 14.5 Å². The van der Waals surface area contributed by atoms with Crippen LogP contribution in [-0.2, 0) is 24.9 Å². The average molecular weight is 296 g/mol. The summed E-state index contributed by atoms with van der Waals surface area (Å²) >= 11 is 0. The maximum atomic E-state index is 11.6. The first-order chi connectivity index (χ1) is 10.6. The van der Waals surface area contributed by atoms with Crippen molar-refractivity contribution in [2.24, 2.45) is 7.05 Å². The highest BCUT2D eigenvalue weighted by molar-refractivity contribution is 5.76. The maximum absolute atomic E-state index is 11.6. The van der Waals surface area contributed by atoms with Gasteiger partial charge in [0.2, 0.25) is 0 Å². The molecule has 1 aromatic heterocycles. The van der Waals surface area contributed by atoms with E-state index in [2.05, 4.69) is 16.0 Å². The zero-order chi connectivity index (χ0) is 15.7. The molecule has 0 spiro atoms. The minimum atomic E-state index is -0.833. The van der Waals surface area contributed by atoms with Crippen LogP contribution in [0.2, 0.25) is 0 Å². The third-order valence-electron chi connectivity index (χ3n) is 3.97. The molecule has 0 fully saturated rings. The molecule has 1 aliphatic rings. The number of hydrogen-bond donors (Lipinski definition) is 1. The van der Waals surface area contributed by atoms with Crippen molar-refractivity contribution in [1.29, 1.82) is 5.26 Å². The number of fused-ring (bicyclic) bond motifs is 1. The molecule has 2 aromatic rings. The van der Waals surface area contributed by atoms with Gasteiger partial charge in [0.1, 0.15) is 5.92 Å². The van der Waals surface area contributed by atoms with E-state index >= 15 is 0 Å². The summed E-state index contributed by atoms with van der Waals surface area (Å²) in [4.78, 5) is 17.9. The van der Waals surface area contributed by atoms with Gasteiger partial charge in [-0.3, -0.25) is 9.69 Å². The molecule has 0 aliphatic carbocycles. The van der Waals surface area contributed by atoms with Gasteiger partial charge in [-0.05, 0) is 17.7 Å². The highest BCUT2D eigenvalue weighted by Gasteiger charge is 2.33. The SMILES string of the molecule is Cn1cnc2c1C(C(=O)O)CN(Cc1cccc(C#N)c1)C2. The van der Waals surface area contributed by atoms with E-state index in [1.54, 1.807) is 17.0 Å². The molecule has 1 N–H and O–H groups in total. The van der Waals surface area contributed by atoms with E-state index in [1.807, 2.05) is 25.2 Å². The number of aromatic nitrogens is 2. The summed E-state index contributed by atoms with van der Waals surface area (Å²) in [5, 5.41) is 18.4. The van der Waals surface area contributed by atoms with E-state index in [9.17, 15) is 9.90 Å². The quantitative estimate of drug-likeness (QED) is 0.927. The van der Waals surface area contributed by atoms with Crippen LogP contribution in [0, 0.1) is 11.3 Å². The number of aliphatic carboxylic acids is 1. The van der Waals surface area contributed by atoms with Crippen LogP contribution >= 0.6 is 0 Å². The van der Waals surface area contributed by atoms with Crippen LogP contribution in [-0.4, -0.2) is 32.1 Å². The lowest BCUT2D eigenvalue weighted by Gasteiger charge is -2.30. The molecule has 0 amide bonds. The second-order valence-corrected chi connectivity index (χ2v) is 5.56. The molecule has 6 heteroatoms. The van der Waals surface area contributed by atoms with E-state index in [0.717, 1.165) is 17.0 Å². The molecule has 0 saturated heterocycles. The van der Waals surface area contributed by atoms with Crippen LogP contribution in [0.3, 0.4) is 0 Å². The molecule has 0 bridgehead atoms. The van der Waals surface area contributed by atoms with Crippen molar-refractivity contribution >= 4 is 5.97 Å². The van der Waals surface area contributed by atoms with E-state index in [-0.39, 0.29) is 0 Å². The van der Waals surface area contributed by atoms with Gasteiger partial charge in [0.05, 0.1) is 29.3 Å². The van der Waals surface area contributed by atoms with Crippen LogP contribution in [0.5, 0.6) is 0 Å². The number of benzene rings is 1. The third-order valence-corrected chi connectivity index (χ3v) is 3.97. The Morgan fingerprint density at radius 1 is 1.55 bits per heavy atom. The largest absolute Gasteiger partial charge is 0.481 e. The number of hydrogen-bond acceptors (Lipinski definition) is 4. The summed E-state index contributed by atoms with van der Waals surface area (Å²) in [6.45, 7) is 1.67. The van der Waals surface area contributed by atoms with Crippen molar-refractivity contribution in [3.05, 3.63) is 53.1 Å². The number of carboxylic acid groups (broad SMARTS) is 1. The Hall–Kier alpha value is -2.65. The molecule has 1 unspecified atom stereocenters. The topological polar surface area (TPSA) is 82.2 Å². The molecule has 1 atom stereocenters. The van der Waals surface area contributed by atoms with Crippen LogP contribution in [0.1, 0.15) is 28.4 Å². The van der Waals surface area contributed by atoms with Crippen LogP contribution in [0.15, 0.2) is 30.6 Å². The lowest BCUT2D eigenvalue weighted by atomic mass is 9.97. The molecular formula is C16H16N4O2. The minimum Gasteiger partial charge on any atom is -0.481 e. The van der Waals surface area contributed by atoms with Gasteiger partial charge < -0.3 is 9.67 Å². The van der Waals surface area contributed by atoms with E-state index < -0.39 is 11.9 Å². The number of nitrogens with zero attached hydrogens (tertiary/aromatic N) is 4. The molecule has 6 nitrogen and oxygen atoms in total. The van der Waals surface area contributed by atoms with Gasteiger partial charge in [0.25, 0.3) is 0 Å². The fraction of sp³-hybridized carbons (Fsp3) is 0.312. The summed E-state index contributed by atoms with van der Waals surface area (Å²) in [5.74, 6) is -1.41. The van der Waals surface area contributed by atoms with Gasteiger partial charge in [0, 0.05) is 26.7 Å². The van der Waals surface area contributed by atoms with Gasteiger partial charge in [-0.15, -0.1) is 0 Å². The van der Waals surface area contributed by atoms with Crippen molar-refractivity contribution in [3.8, 4) is 6.07 Å². The number of carboxylic acids is 1. The molecule has 112 valence electrons. The first-order valence-corrected chi connectivity index (χ1v) is 7.02. The van der Waals surface area contributed by atoms with Crippen molar-refractivity contribution < 1.29 is 9.90 Å². The highest BCUT2D eigenvalue weighted by Crippen LogP contribution is 2.28. The van der Waals surface area contributed by atoms with Crippen molar-refractivity contribution in [2.45, 2.75) is 19.0 Å². The number of carbonyl (C=O) groups is 1. The second kappa shape index (κ2) is 5.62. The summed E-state index contributed by atoms with van der Waals surface area (Å²) in [7, 11) is 1.83. The average Bonchev–Trinajstić information content (AvgIpc) is 2.88. The van der Waals surface area contributed by atoms with Gasteiger partial charge in [-0.1, -0.05) is 12.1 Å². The molecule has 1 aliphatic heterocycles. The van der Waals surface area contributed by atoms with Gasteiger partial charge in [-0.25, -0.2) is 4.98 Å². The van der Waals surface area contributed by atoms with E-state index in [0.29, 0.717) is 25.2 Å². The Morgan fingerprint density at radius 2 is 2.36 bits per heavy atom. The normalized spacial score (nSPS) is 17.7. The van der Waals surface area contributed by atoms with E-state index in [4.69, 9.17) is 5.26 Å². The Kier molecular flexibility index (Phi) is 3.65. The summed E-state index contributed by atoms with van der Waals surface area (Å²) < 4.78 is 1.79. The lowest BCUT2D eigenvalue weighted by molar-refractivity contribution is -0.139. The number of rotatable bonds is 3. The maximum Gasteiger partial charge on any atom is 0.313 e. The zero-order valence-corrected chi connectivity index (χ0v) is 12.2. The Balaban J connectivity index is 1.85. The first kappa shape index (κ1) is 14.3. The van der Waals surface area contributed by atoms with E-state index in [1.165, 1.54) is 0 Å². The highest BCUT2D eigenvalue weighted by atomic mass is 16.4. The summed E-state index contributed by atoms with van der Waals surface area (Å²) in [6.07, 6.45) is 1.67. The monoisotopic (exact) mass is 296 g/mol. The zero-order valence-electron chi connectivity index (χ0n) is 12.2. The number of aryl methyl sites for hydroxylation is 1. The number of nitriles is 1. The Labute approximate surface area is 128 Å². The molecule has 0 saturated carbocycles. The van der Waals surface area contributed by atoms with Crippen LogP contribution in [0.25, 0.3) is 0 Å². The second-order valence-electron chi connectivity index (χ2n) is 5.56. The smallest absolute Gasteiger partial charge is 0.313 e.